The maximum absolute atomic E-state index is 4.61. The summed E-state index contributed by atoms with van der Waals surface area (Å²) in [6.07, 6.45) is 6.37. The minimum Gasteiger partial charge on any atom is -0.366 e. The molecule has 0 spiro atoms. The van der Waals surface area contributed by atoms with E-state index >= 15 is 0 Å². The lowest BCUT2D eigenvalue weighted by atomic mass is 10.2. The van der Waals surface area contributed by atoms with Crippen LogP contribution in [0.15, 0.2) is 55.0 Å². The van der Waals surface area contributed by atoms with Crippen LogP contribution in [0.5, 0.6) is 0 Å². The molecule has 6 nitrogen and oxygen atoms in total. The fraction of sp³-hybridized carbons (Fsp3) is 0.263. The van der Waals surface area contributed by atoms with Crippen LogP contribution in [0, 0.1) is 0 Å². The van der Waals surface area contributed by atoms with E-state index in [0.717, 1.165) is 29.2 Å². The summed E-state index contributed by atoms with van der Waals surface area (Å²) in [6, 6.07) is 12.0. The van der Waals surface area contributed by atoms with Crippen LogP contribution in [-0.4, -0.2) is 26.0 Å². The molecule has 6 heteroatoms. The van der Waals surface area contributed by atoms with Crippen LogP contribution in [0.2, 0.25) is 0 Å². The van der Waals surface area contributed by atoms with Gasteiger partial charge in [-0.1, -0.05) is 19.1 Å². The van der Waals surface area contributed by atoms with Crippen molar-refractivity contribution in [3.8, 4) is 11.4 Å². The van der Waals surface area contributed by atoms with E-state index in [-0.39, 0.29) is 0 Å². The van der Waals surface area contributed by atoms with E-state index in [1.165, 1.54) is 0 Å². The van der Waals surface area contributed by atoms with Crippen molar-refractivity contribution in [3.63, 3.8) is 0 Å². The van der Waals surface area contributed by atoms with Gasteiger partial charge in [-0.15, -0.1) is 0 Å². The molecule has 0 aliphatic rings. The van der Waals surface area contributed by atoms with Gasteiger partial charge in [0.1, 0.15) is 5.82 Å². The minimum atomic E-state index is 0.296. The van der Waals surface area contributed by atoms with Crippen molar-refractivity contribution in [2.24, 2.45) is 0 Å². The maximum atomic E-state index is 4.61. The van der Waals surface area contributed by atoms with Gasteiger partial charge >= 0.3 is 0 Å². The first-order valence-corrected chi connectivity index (χ1v) is 8.44. The molecule has 0 aromatic carbocycles. The number of anilines is 2. The normalized spacial score (nSPS) is 11.8. The van der Waals surface area contributed by atoms with Gasteiger partial charge in [-0.2, -0.15) is 4.98 Å². The highest BCUT2D eigenvalue weighted by molar-refractivity contribution is 5.61. The summed E-state index contributed by atoms with van der Waals surface area (Å²) in [4.78, 5) is 17.7. The van der Waals surface area contributed by atoms with E-state index in [1.807, 2.05) is 42.6 Å². The zero-order valence-electron chi connectivity index (χ0n) is 14.5. The fourth-order valence-electron chi connectivity index (χ4n) is 2.27. The molecule has 0 unspecified atom stereocenters. The number of hydrogen-bond acceptors (Lipinski definition) is 6. The van der Waals surface area contributed by atoms with E-state index in [2.05, 4.69) is 44.4 Å². The molecule has 3 aromatic rings. The Hall–Kier alpha value is -3.02. The van der Waals surface area contributed by atoms with Crippen LogP contribution in [0.25, 0.3) is 11.4 Å². The smallest absolute Gasteiger partial charge is 0.225 e. The van der Waals surface area contributed by atoms with E-state index in [4.69, 9.17) is 0 Å². The van der Waals surface area contributed by atoms with Gasteiger partial charge in [0.25, 0.3) is 0 Å². The summed E-state index contributed by atoms with van der Waals surface area (Å²) in [5, 5.41) is 6.68. The molecule has 0 bridgehead atoms. The van der Waals surface area contributed by atoms with Crippen LogP contribution in [0.1, 0.15) is 25.8 Å². The van der Waals surface area contributed by atoms with Gasteiger partial charge in [0.2, 0.25) is 5.95 Å². The molecule has 0 saturated carbocycles. The molecule has 3 rings (SSSR count). The Morgan fingerprint density at radius 1 is 1.04 bits per heavy atom. The highest BCUT2D eigenvalue weighted by atomic mass is 15.2. The Kier molecular flexibility index (Phi) is 5.51. The molecule has 3 heterocycles. The first kappa shape index (κ1) is 16.8. The molecule has 0 fully saturated rings. The van der Waals surface area contributed by atoms with Gasteiger partial charge in [0.15, 0.2) is 0 Å². The second-order valence-corrected chi connectivity index (χ2v) is 5.85. The highest BCUT2D eigenvalue weighted by Crippen LogP contribution is 2.20. The number of pyridine rings is 2. The molecule has 128 valence electrons. The molecule has 0 amide bonds. The molecule has 0 aliphatic carbocycles. The summed E-state index contributed by atoms with van der Waals surface area (Å²) < 4.78 is 0. The van der Waals surface area contributed by atoms with E-state index in [9.17, 15) is 0 Å². The lowest BCUT2D eigenvalue weighted by Crippen LogP contribution is -2.16. The second-order valence-electron chi connectivity index (χ2n) is 5.85. The fourth-order valence-corrected chi connectivity index (χ4v) is 2.27. The van der Waals surface area contributed by atoms with Gasteiger partial charge in [-0.3, -0.25) is 9.97 Å². The molecule has 25 heavy (non-hydrogen) atoms. The van der Waals surface area contributed by atoms with Crippen LogP contribution in [0.4, 0.5) is 11.8 Å². The Labute approximate surface area is 147 Å². The third-order valence-electron chi connectivity index (χ3n) is 3.84. The Balaban J connectivity index is 1.86. The van der Waals surface area contributed by atoms with Gasteiger partial charge in [-0.05, 0) is 37.1 Å². The standard InChI is InChI=1S/C19H22N6/c1-3-14(2)23-19-24-17(16-8-4-5-10-21-16)11-18(25-19)22-13-15-7-6-9-20-12-15/h4-12,14H,3,13H2,1-2H3,(H2,22,23,24,25)/t14-/m0/s1. The average Bonchev–Trinajstić information content (AvgIpc) is 2.67. The predicted molar refractivity (Wildman–Crippen MR) is 100 cm³/mol. The first-order chi connectivity index (χ1) is 12.2. The summed E-state index contributed by atoms with van der Waals surface area (Å²) in [5.41, 5.74) is 2.70. The van der Waals surface area contributed by atoms with Crippen molar-refractivity contribution in [1.82, 2.24) is 19.9 Å². The second kappa shape index (κ2) is 8.19. The number of aromatic nitrogens is 4. The van der Waals surface area contributed by atoms with Crippen LogP contribution in [0.3, 0.4) is 0 Å². The maximum Gasteiger partial charge on any atom is 0.225 e. The highest BCUT2D eigenvalue weighted by Gasteiger charge is 2.09. The Morgan fingerprint density at radius 2 is 1.96 bits per heavy atom. The molecule has 2 N–H and O–H groups in total. The topological polar surface area (TPSA) is 75.6 Å². The Bertz CT molecular complexity index is 792. The predicted octanol–water partition coefficient (Wildman–Crippen LogP) is 3.76. The number of nitrogens with one attached hydrogen (secondary N) is 2. The lowest BCUT2D eigenvalue weighted by molar-refractivity contribution is 0.753. The molecule has 0 radical (unpaired) electrons. The average molecular weight is 334 g/mol. The van der Waals surface area contributed by atoms with Crippen LogP contribution < -0.4 is 10.6 Å². The van der Waals surface area contributed by atoms with E-state index in [1.54, 1.807) is 12.4 Å². The summed E-state index contributed by atoms with van der Waals surface area (Å²) in [7, 11) is 0. The molecule has 0 saturated heterocycles. The SMILES string of the molecule is CC[C@H](C)Nc1nc(NCc2cccnc2)cc(-c2ccccn2)n1. The lowest BCUT2D eigenvalue weighted by Gasteiger charge is -2.14. The van der Waals surface area contributed by atoms with Gasteiger partial charge in [-0.25, -0.2) is 4.98 Å². The summed E-state index contributed by atoms with van der Waals surface area (Å²) >= 11 is 0. The van der Waals surface area contributed by atoms with Crippen molar-refractivity contribution < 1.29 is 0 Å². The van der Waals surface area contributed by atoms with Crippen LogP contribution in [-0.2, 0) is 6.54 Å². The van der Waals surface area contributed by atoms with Gasteiger partial charge in [0, 0.05) is 37.2 Å². The van der Waals surface area contributed by atoms with E-state index in [0.29, 0.717) is 18.5 Å². The largest absolute Gasteiger partial charge is 0.366 e. The molecule has 1 atom stereocenters. The van der Waals surface area contributed by atoms with Crippen molar-refractivity contribution in [1.29, 1.82) is 0 Å². The quantitative estimate of drug-likeness (QED) is 0.685. The van der Waals surface area contributed by atoms with Gasteiger partial charge < -0.3 is 10.6 Å². The van der Waals surface area contributed by atoms with Gasteiger partial charge in [0.05, 0.1) is 11.4 Å². The Morgan fingerprint density at radius 3 is 2.68 bits per heavy atom. The van der Waals surface area contributed by atoms with Crippen molar-refractivity contribution in [2.75, 3.05) is 10.6 Å². The summed E-state index contributed by atoms with van der Waals surface area (Å²) in [6.45, 7) is 4.89. The minimum absolute atomic E-state index is 0.296. The van der Waals surface area contributed by atoms with Crippen molar-refractivity contribution in [2.45, 2.75) is 32.9 Å². The molecule has 0 aliphatic heterocycles. The molecular weight excluding hydrogens is 312 g/mol. The van der Waals surface area contributed by atoms with Crippen molar-refractivity contribution in [3.05, 3.63) is 60.6 Å². The number of rotatable bonds is 7. The number of nitrogens with zero attached hydrogens (tertiary/aromatic N) is 4. The van der Waals surface area contributed by atoms with Crippen molar-refractivity contribution >= 4 is 11.8 Å². The van der Waals surface area contributed by atoms with Crippen LogP contribution >= 0.6 is 0 Å². The zero-order chi connectivity index (χ0) is 17.5. The third kappa shape index (κ3) is 4.73. The third-order valence-corrected chi connectivity index (χ3v) is 3.84. The number of hydrogen-bond donors (Lipinski definition) is 2. The molecular formula is C19H22N6. The monoisotopic (exact) mass is 334 g/mol. The summed E-state index contributed by atoms with van der Waals surface area (Å²) in [5.74, 6) is 1.36. The molecule has 3 aromatic heterocycles. The zero-order valence-corrected chi connectivity index (χ0v) is 14.5. The van der Waals surface area contributed by atoms with E-state index < -0.39 is 0 Å². The first-order valence-electron chi connectivity index (χ1n) is 8.44.